The molecule has 0 saturated carbocycles. The lowest BCUT2D eigenvalue weighted by atomic mass is 10.2. The summed E-state index contributed by atoms with van der Waals surface area (Å²) < 4.78 is 0. The second-order valence-corrected chi connectivity index (χ2v) is 4.88. The van der Waals surface area contributed by atoms with E-state index in [9.17, 15) is 4.79 Å². The molecule has 1 aliphatic heterocycles. The third kappa shape index (κ3) is 3.32. The van der Waals surface area contributed by atoms with E-state index in [0.29, 0.717) is 11.6 Å². The van der Waals surface area contributed by atoms with Crippen molar-refractivity contribution in [2.45, 2.75) is 38.6 Å². The molecule has 5 heteroatoms. The fraction of sp³-hybridized carbons (Fsp3) is 0.692. The van der Waals surface area contributed by atoms with E-state index in [2.05, 4.69) is 22.4 Å². The van der Waals surface area contributed by atoms with Crippen molar-refractivity contribution in [1.29, 1.82) is 0 Å². The van der Waals surface area contributed by atoms with Gasteiger partial charge in [-0.05, 0) is 25.8 Å². The number of H-pyrrole nitrogens is 1. The van der Waals surface area contributed by atoms with Crippen LogP contribution in [-0.2, 0) is 0 Å². The van der Waals surface area contributed by atoms with Crippen LogP contribution in [0.25, 0.3) is 0 Å². The first-order valence-corrected chi connectivity index (χ1v) is 6.82. The Labute approximate surface area is 108 Å². The van der Waals surface area contributed by atoms with Crippen molar-refractivity contribution < 1.29 is 4.79 Å². The van der Waals surface area contributed by atoms with Crippen LogP contribution in [0, 0.1) is 0 Å². The lowest BCUT2D eigenvalue weighted by Crippen LogP contribution is -2.41. The second-order valence-electron chi connectivity index (χ2n) is 4.88. The molecule has 1 unspecified atom stereocenters. The maximum atomic E-state index is 12.3. The van der Waals surface area contributed by atoms with E-state index in [1.54, 1.807) is 12.4 Å². The van der Waals surface area contributed by atoms with Crippen molar-refractivity contribution in [3.63, 3.8) is 0 Å². The molecule has 0 aliphatic carbocycles. The molecule has 0 aromatic carbocycles. The molecule has 1 aromatic heterocycles. The number of carbonyl (C=O) groups excluding carboxylic acids is 1. The highest BCUT2D eigenvalue weighted by Gasteiger charge is 2.22. The van der Waals surface area contributed by atoms with Gasteiger partial charge in [0, 0.05) is 25.3 Å². The van der Waals surface area contributed by atoms with E-state index in [4.69, 9.17) is 0 Å². The summed E-state index contributed by atoms with van der Waals surface area (Å²) in [5.41, 5.74) is 0.657. The third-order valence-corrected chi connectivity index (χ3v) is 3.42. The Morgan fingerprint density at radius 2 is 2.50 bits per heavy atom. The summed E-state index contributed by atoms with van der Waals surface area (Å²) in [6.45, 7) is 4.86. The largest absolute Gasteiger partial charge is 0.337 e. The van der Waals surface area contributed by atoms with E-state index in [1.807, 2.05) is 4.90 Å². The molecule has 5 nitrogen and oxygen atoms in total. The zero-order chi connectivity index (χ0) is 12.8. The summed E-state index contributed by atoms with van der Waals surface area (Å²) in [5.74, 6) is 0.0888. The van der Waals surface area contributed by atoms with Gasteiger partial charge in [-0.15, -0.1) is 0 Å². The monoisotopic (exact) mass is 250 g/mol. The molecule has 0 bridgehead atoms. The number of hydrogen-bond donors (Lipinski definition) is 2. The Bertz CT molecular complexity index is 357. The van der Waals surface area contributed by atoms with E-state index >= 15 is 0 Å². The number of aromatic amines is 1. The Balaban J connectivity index is 1.96. The summed E-state index contributed by atoms with van der Waals surface area (Å²) >= 11 is 0. The normalized spacial score (nSPS) is 19.1. The number of unbranched alkanes of at least 4 members (excludes halogenated alkanes) is 1. The summed E-state index contributed by atoms with van der Waals surface area (Å²) in [6, 6.07) is 0.456. The first kappa shape index (κ1) is 13.1. The van der Waals surface area contributed by atoms with Crippen LogP contribution >= 0.6 is 0 Å². The van der Waals surface area contributed by atoms with Gasteiger partial charge < -0.3 is 10.2 Å². The van der Waals surface area contributed by atoms with Crippen molar-refractivity contribution in [1.82, 2.24) is 20.4 Å². The number of nitrogens with one attached hydrogen (secondary N) is 2. The van der Waals surface area contributed by atoms with Crippen molar-refractivity contribution >= 4 is 5.91 Å². The smallest absolute Gasteiger partial charge is 0.257 e. The number of rotatable bonds is 6. The number of carbonyl (C=O) groups is 1. The lowest BCUT2D eigenvalue weighted by molar-refractivity contribution is 0.0739. The van der Waals surface area contributed by atoms with Gasteiger partial charge in [0.15, 0.2) is 0 Å². The van der Waals surface area contributed by atoms with Gasteiger partial charge in [0.1, 0.15) is 0 Å². The molecule has 2 rings (SSSR count). The summed E-state index contributed by atoms with van der Waals surface area (Å²) in [6.07, 6.45) is 7.81. The van der Waals surface area contributed by atoms with Crippen molar-refractivity contribution in [3.8, 4) is 0 Å². The first-order chi connectivity index (χ1) is 8.81. The van der Waals surface area contributed by atoms with Crippen LogP contribution in [0.5, 0.6) is 0 Å². The van der Waals surface area contributed by atoms with Gasteiger partial charge in [-0.1, -0.05) is 13.3 Å². The zero-order valence-corrected chi connectivity index (χ0v) is 11.0. The predicted octanol–water partition coefficient (Wildman–Crippen LogP) is 1.40. The number of aromatic nitrogens is 2. The molecular weight excluding hydrogens is 228 g/mol. The fourth-order valence-electron chi connectivity index (χ4n) is 2.35. The second kappa shape index (κ2) is 6.54. The molecule has 1 amide bonds. The summed E-state index contributed by atoms with van der Waals surface area (Å²) in [5, 5.41) is 10.00. The van der Waals surface area contributed by atoms with E-state index < -0.39 is 0 Å². The van der Waals surface area contributed by atoms with E-state index in [-0.39, 0.29) is 5.91 Å². The van der Waals surface area contributed by atoms with Gasteiger partial charge in [0.2, 0.25) is 0 Å². The van der Waals surface area contributed by atoms with Crippen LogP contribution in [0.1, 0.15) is 43.0 Å². The summed E-state index contributed by atoms with van der Waals surface area (Å²) in [4.78, 5) is 14.3. The fourth-order valence-corrected chi connectivity index (χ4v) is 2.35. The molecular formula is C13H22N4O. The number of hydrogen-bond acceptors (Lipinski definition) is 3. The third-order valence-electron chi connectivity index (χ3n) is 3.42. The molecule has 1 aliphatic rings. The molecule has 1 fully saturated rings. The maximum Gasteiger partial charge on any atom is 0.257 e. The standard InChI is InChI=1S/C13H22N4O/c1-2-3-7-17(10-12-5-4-6-14-12)13(18)11-8-15-16-9-11/h8-9,12,14H,2-7,10H2,1H3,(H,15,16). The molecule has 0 radical (unpaired) electrons. The maximum absolute atomic E-state index is 12.3. The molecule has 1 aromatic rings. The number of nitrogens with zero attached hydrogens (tertiary/aromatic N) is 2. The number of amides is 1. The van der Waals surface area contributed by atoms with Crippen LogP contribution in [0.4, 0.5) is 0 Å². The molecule has 2 heterocycles. The first-order valence-electron chi connectivity index (χ1n) is 6.82. The minimum Gasteiger partial charge on any atom is -0.337 e. The SMILES string of the molecule is CCCCN(CC1CCCN1)C(=O)c1cn[nH]c1. The van der Waals surface area contributed by atoms with Crippen LogP contribution in [0.15, 0.2) is 12.4 Å². The summed E-state index contributed by atoms with van der Waals surface area (Å²) in [7, 11) is 0. The Kier molecular flexibility index (Phi) is 4.75. The Morgan fingerprint density at radius 3 is 3.11 bits per heavy atom. The van der Waals surface area contributed by atoms with Crippen molar-refractivity contribution in [2.24, 2.45) is 0 Å². The van der Waals surface area contributed by atoms with Crippen molar-refractivity contribution in [3.05, 3.63) is 18.0 Å². The minimum atomic E-state index is 0.0888. The van der Waals surface area contributed by atoms with E-state index in [0.717, 1.165) is 32.5 Å². The quantitative estimate of drug-likeness (QED) is 0.802. The topological polar surface area (TPSA) is 61.0 Å². The molecule has 1 saturated heterocycles. The van der Waals surface area contributed by atoms with Crippen molar-refractivity contribution in [2.75, 3.05) is 19.6 Å². The van der Waals surface area contributed by atoms with Crippen LogP contribution in [0.2, 0.25) is 0 Å². The molecule has 1 atom stereocenters. The highest BCUT2D eigenvalue weighted by atomic mass is 16.2. The molecule has 18 heavy (non-hydrogen) atoms. The average molecular weight is 250 g/mol. The van der Waals surface area contributed by atoms with Gasteiger partial charge >= 0.3 is 0 Å². The average Bonchev–Trinajstić information content (AvgIpc) is 3.06. The van der Waals surface area contributed by atoms with Gasteiger partial charge in [-0.2, -0.15) is 5.10 Å². The minimum absolute atomic E-state index is 0.0888. The molecule has 100 valence electrons. The Morgan fingerprint density at radius 1 is 1.61 bits per heavy atom. The van der Waals surface area contributed by atoms with Crippen LogP contribution in [0.3, 0.4) is 0 Å². The van der Waals surface area contributed by atoms with Crippen LogP contribution in [-0.4, -0.2) is 46.7 Å². The van der Waals surface area contributed by atoms with Gasteiger partial charge in [0.25, 0.3) is 5.91 Å². The highest BCUT2D eigenvalue weighted by Crippen LogP contribution is 2.11. The van der Waals surface area contributed by atoms with Gasteiger partial charge in [0.05, 0.1) is 11.8 Å². The van der Waals surface area contributed by atoms with Gasteiger partial charge in [-0.3, -0.25) is 9.89 Å². The predicted molar refractivity (Wildman–Crippen MR) is 70.4 cm³/mol. The lowest BCUT2D eigenvalue weighted by Gasteiger charge is -2.25. The zero-order valence-electron chi connectivity index (χ0n) is 11.0. The van der Waals surface area contributed by atoms with Gasteiger partial charge in [-0.25, -0.2) is 0 Å². The Hall–Kier alpha value is -1.36. The molecule has 0 spiro atoms. The highest BCUT2D eigenvalue weighted by molar-refractivity contribution is 5.93. The van der Waals surface area contributed by atoms with E-state index in [1.165, 1.54) is 12.8 Å². The van der Waals surface area contributed by atoms with Crippen LogP contribution < -0.4 is 5.32 Å². The molecule has 2 N–H and O–H groups in total.